The molecule has 9 heteroatoms. The highest BCUT2D eigenvalue weighted by Crippen LogP contribution is 2.16. The highest BCUT2D eigenvalue weighted by molar-refractivity contribution is 6.23. The van der Waals surface area contributed by atoms with Crippen molar-refractivity contribution in [3.8, 4) is 0 Å². The number of aliphatic hydroxyl groups is 1. The summed E-state index contributed by atoms with van der Waals surface area (Å²) in [6, 6.07) is 0. The zero-order chi connectivity index (χ0) is 13.6. The Morgan fingerprint density at radius 1 is 1.12 bits per heavy atom. The minimum atomic E-state index is -2.90. The molecule has 0 aliphatic carbocycles. The van der Waals surface area contributed by atoms with Crippen LogP contribution in [-0.4, -0.2) is 51.1 Å². The Morgan fingerprint density at radius 3 is 2.00 bits per heavy atom. The quantitative estimate of drug-likeness (QED) is 0.208. The van der Waals surface area contributed by atoms with Crippen LogP contribution in [0.3, 0.4) is 0 Å². The molecule has 9 nitrogen and oxygen atoms in total. The predicted molar refractivity (Wildman–Crippen MR) is 46.6 cm³/mol. The molecule has 0 saturated carbocycles. The molecule has 0 heterocycles. The summed E-state index contributed by atoms with van der Waals surface area (Å²) >= 11 is 0. The van der Waals surface area contributed by atoms with Gasteiger partial charge in [-0.3, -0.25) is 14.4 Å². The fourth-order valence-electron chi connectivity index (χ4n) is 0.875. The number of carbonyl (C=O) groups excluding carboxylic acids is 3. The van der Waals surface area contributed by atoms with Crippen molar-refractivity contribution in [2.45, 2.75) is 18.4 Å². The zero-order valence-electron chi connectivity index (χ0n) is 8.28. The van der Waals surface area contributed by atoms with E-state index in [1.165, 1.54) is 0 Å². The summed E-state index contributed by atoms with van der Waals surface area (Å²) in [4.78, 5) is 51.9. The molecule has 0 amide bonds. The molecule has 3 N–H and O–H groups in total. The van der Waals surface area contributed by atoms with Gasteiger partial charge in [-0.15, -0.1) is 0 Å². The molecule has 0 aliphatic heterocycles. The molecule has 0 rings (SSSR count). The lowest BCUT2D eigenvalue weighted by Crippen LogP contribution is -2.43. The Hall–Kier alpha value is -2.29. The standard InChI is InChI=1S/C8H8O9/c9-3-6(13)17-5(12)2-8(16,7(14)15)1-4(10)11/h3,16H,1-2H2,(H,10,11)(H,14,15). The van der Waals surface area contributed by atoms with E-state index in [0.29, 0.717) is 0 Å². The first-order valence-electron chi connectivity index (χ1n) is 4.08. The molecule has 0 saturated heterocycles. The Morgan fingerprint density at radius 2 is 1.65 bits per heavy atom. The maximum Gasteiger partial charge on any atom is 0.378 e. The van der Waals surface area contributed by atoms with Gasteiger partial charge >= 0.3 is 23.9 Å². The number of rotatable bonds is 6. The third-order valence-corrected chi connectivity index (χ3v) is 1.59. The molecule has 0 spiro atoms. The molecule has 94 valence electrons. The lowest BCUT2D eigenvalue weighted by atomic mass is 9.96. The van der Waals surface area contributed by atoms with Gasteiger partial charge in [0.15, 0.2) is 5.60 Å². The van der Waals surface area contributed by atoms with Gasteiger partial charge in [0, 0.05) is 0 Å². The second-order valence-electron chi connectivity index (χ2n) is 2.99. The van der Waals surface area contributed by atoms with Crippen molar-refractivity contribution in [3.63, 3.8) is 0 Å². The minimum absolute atomic E-state index is 0.338. The van der Waals surface area contributed by atoms with Crippen LogP contribution in [0.15, 0.2) is 0 Å². The number of ether oxygens (including phenoxy) is 1. The molecule has 0 aromatic carbocycles. The fourth-order valence-corrected chi connectivity index (χ4v) is 0.875. The third-order valence-electron chi connectivity index (χ3n) is 1.59. The van der Waals surface area contributed by atoms with E-state index in [-0.39, 0.29) is 6.29 Å². The van der Waals surface area contributed by atoms with Crippen LogP contribution in [0.4, 0.5) is 0 Å². The summed E-state index contributed by atoms with van der Waals surface area (Å²) < 4.78 is 3.76. The van der Waals surface area contributed by atoms with Gasteiger partial charge in [0.05, 0.1) is 12.8 Å². The van der Waals surface area contributed by atoms with Crippen LogP contribution in [0, 0.1) is 0 Å². The molecule has 0 bridgehead atoms. The van der Waals surface area contributed by atoms with E-state index < -0.39 is 42.3 Å². The van der Waals surface area contributed by atoms with Gasteiger partial charge in [0.25, 0.3) is 0 Å². The third kappa shape index (κ3) is 4.84. The average molecular weight is 248 g/mol. The Kier molecular flexibility index (Phi) is 4.93. The lowest BCUT2D eigenvalue weighted by Gasteiger charge is -2.19. The molecule has 0 aromatic rings. The van der Waals surface area contributed by atoms with Gasteiger partial charge in [0.1, 0.15) is 0 Å². The van der Waals surface area contributed by atoms with Crippen molar-refractivity contribution in [2.24, 2.45) is 0 Å². The van der Waals surface area contributed by atoms with Crippen LogP contribution in [-0.2, 0) is 28.7 Å². The van der Waals surface area contributed by atoms with Crippen molar-refractivity contribution in [1.82, 2.24) is 0 Å². The molecule has 0 aromatic heterocycles. The normalized spacial score (nSPS) is 13.2. The SMILES string of the molecule is O=CC(=O)OC(=O)CC(O)(CC(=O)O)C(=O)O. The van der Waals surface area contributed by atoms with Crippen molar-refractivity contribution in [2.75, 3.05) is 0 Å². The van der Waals surface area contributed by atoms with E-state index >= 15 is 0 Å². The number of carbonyl (C=O) groups is 5. The van der Waals surface area contributed by atoms with Crippen LogP contribution < -0.4 is 0 Å². The molecule has 0 fully saturated rings. The maximum atomic E-state index is 10.9. The molecule has 0 radical (unpaired) electrons. The van der Waals surface area contributed by atoms with Gasteiger partial charge in [-0.25, -0.2) is 9.59 Å². The first-order chi connectivity index (χ1) is 7.71. The van der Waals surface area contributed by atoms with E-state index in [0.717, 1.165) is 0 Å². The summed E-state index contributed by atoms with van der Waals surface area (Å²) in [6.45, 7) is 0. The fraction of sp³-hybridized carbons (Fsp3) is 0.375. The van der Waals surface area contributed by atoms with Gasteiger partial charge in [-0.1, -0.05) is 0 Å². The Labute approximate surface area is 93.6 Å². The van der Waals surface area contributed by atoms with Crippen molar-refractivity contribution < 1.29 is 44.0 Å². The zero-order valence-corrected chi connectivity index (χ0v) is 8.28. The van der Waals surface area contributed by atoms with E-state index in [1.807, 2.05) is 0 Å². The second-order valence-corrected chi connectivity index (χ2v) is 2.99. The largest absolute Gasteiger partial charge is 0.481 e. The monoisotopic (exact) mass is 248 g/mol. The lowest BCUT2D eigenvalue weighted by molar-refractivity contribution is -0.174. The Balaban J connectivity index is 4.71. The molecule has 1 atom stereocenters. The Bertz CT molecular complexity index is 371. The minimum Gasteiger partial charge on any atom is -0.481 e. The maximum absolute atomic E-state index is 10.9. The smallest absolute Gasteiger partial charge is 0.378 e. The van der Waals surface area contributed by atoms with Gasteiger partial charge in [-0.2, -0.15) is 0 Å². The number of esters is 2. The van der Waals surface area contributed by atoms with Crippen LogP contribution in [0.5, 0.6) is 0 Å². The highest BCUT2D eigenvalue weighted by atomic mass is 16.6. The van der Waals surface area contributed by atoms with Crippen LogP contribution >= 0.6 is 0 Å². The summed E-state index contributed by atoms with van der Waals surface area (Å²) in [5.74, 6) is -6.72. The first-order valence-corrected chi connectivity index (χ1v) is 4.08. The molecular weight excluding hydrogens is 240 g/mol. The summed E-state index contributed by atoms with van der Waals surface area (Å²) in [5, 5.41) is 26.2. The topological polar surface area (TPSA) is 155 Å². The number of hydrogen-bond donors (Lipinski definition) is 3. The van der Waals surface area contributed by atoms with Crippen LogP contribution in [0.25, 0.3) is 0 Å². The number of aliphatic carboxylic acids is 2. The van der Waals surface area contributed by atoms with Crippen LogP contribution in [0.1, 0.15) is 12.8 Å². The first kappa shape index (κ1) is 14.7. The van der Waals surface area contributed by atoms with Gasteiger partial charge in [-0.05, 0) is 0 Å². The van der Waals surface area contributed by atoms with E-state index in [1.54, 1.807) is 0 Å². The molecule has 0 aliphatic rings. The summed E-state index contributed by atoms with van der Waals surface area (Å²) in [7, 11) is 0. The average Bonchev–Trinajstić information content (AvgIpc) is 2.15. The summed E-state index contributed by atoms with van der Waals surface area (Å²) in [5.41, 5.74) is -2.90. The van der Waals surface area contributed by atoms with Crippen molar-refractivity contribution >= 4 is 30.2 Å². The molecule has 17 heavy (non-hydrogen) atoms. The number of carboxylic acids is 2. The highest BCUT2D eigenvalue weighted by Gasteiger charge is 2.41. The second kappa shape index (κ2) is 5.70. The van der Waals surface area contributed by atoms with E-state index in [9.17, 15) is 29.1 Å². The van der Waals surface area contributed by atoms with Gasteiger partial charge < -0.3 is 20.1 Å². The number of carboxylic acid groups (broad SMARTS) is 2. The summed E-state index contributed by atoms with van der Waals surface area (Å²) in [6.07, 6.45) is -2.87. The van der Waals surface area contributed by atoms with Crippen molar-refractivity contribution in [3.05, 3.63) is 0 Å². The van der Waals surface area contributed by atoms with E-state index in [4.69, 9.17) is 10.2 Å². The molecule has 1 unspecified atom stereocenters. The number of aldehydes is 1. The van der Waals surface area contributed by atoms with E-state index in [2.05, 4.69) is 4.74 Å². The molecular formula is C8H8O9. The number of hydrogen-bond acceptors (Lipinski definition) is 7. The van der Waals surface area contributed by atoms with Crippen molar-refractivity contribution in [1.29, 1.82) is 0 Å². The predicted octanol–water partition coefficient (Wildman–Crippen LogP) is -2.06. The van der Waals surface area contributed by atoms with Crippen LogP contribution in [0.2, 0.25) is 0 Å². The van der Waals surface area contributed by atoms with Gasteiger partial charge in [0.2, 0.25) is 6.29 Å².